The van der Waals surface area contributed by atoms with Crippen LogP contribution in [0.1, 0.15) is 120 Å². The van der Waals surface area contributed by atoms with Crippen molar-refractivity contribution in [1.82, 2.24) is 4.98 Å². The van der Waals surface area contributed by atoms with Crippen molar-refractivity contribution in [3.63, 3.8) is 0 Å². The van der Waals surface area contributed by atoms with E-state index in [1.807, 2.05) is 12.3 Å². The van der Waals surface area contributed by atoms with Crippen LogP contribution < -0.4 is 0 Å². The van der Waals surface area contributed by atoms with E-state index in [1.165, 1.54) is 129 Å². The number of pyridine rings is 1. The highest BCUT2D eigenvalue weighted by Crippen LogP contribution is 2.55. The van der Waals surface area contributed by atoms with Gasteiger partial charge in [-0.05, 0) is 82.5 Å². The summed E-state index contributed by atoms with van der Waals surface area (Å²) >= 11 is 0. The lowest BCUT2D eigenvalue weighted by Crippen LogP contribution is -2.25. The van der Waals surface area contributed by atoms with Gasteiger partial charge in [0.1, 0.15) is 0 Å². The van der Waals surface area contributed by atoms with Gasteiger partial charge < -0.3 is 0 Å². The molecule has 0 saturated carbocycles. The van der Waals surface area contributed by atoms with Crippen LogP contribution in [0.5, 0.6) is 0 Å². The van der Waals surface area contributed by atoms with Crippen molar-refractivity contribution < 1.29 is 0 Å². The van der Waals surface area contributed by atoms with E-state index < -0.39 is 0 Å². The molecule has 0 N–H and O–H groups in total. The molecule has 0 unspecified atom stereocenters. The van der Waals surface area contributed by atoms with E-state index >= 15 is 0 Å². The lowest BCUT2D eigenvalue weighted by atomic mass is 9.70. The first-order valence-electron chi connectivity index (χ1n) is 19.0. The number of benzene rings is 4. The highest BCUT2D eigenvalue weighted by atomic mass is 14.7. The molecule has 0 radical (unpaired) electrons. The van der Waals surface area contributed by atoms with Crippen LogP contribution in [0.15, 0.2) is 109 Å². The van der Waals surface area contributed by atoms with E-state index in [0.717, 1.165) is 11.3 Å². The van der Waals surface area contributed by atoms with Crippen LogP contribution in [0.3, 0.4) is 0 Å². The normalized spacial score (nSPS) is 13.0. The third-order valence-corrected chi connectivity index (χ3v) is 10.8. The number of hydrogen-bond acceptors (Lipinski definition) is 1. The number of fused-ring (bicyclic) bond motifs is 3. The molecule has 0 atom stereocenters. The summed E-state index contributed by atoms with van der Waals surface area (Å²) in [5.41, 5.74) is 14.8. The summed E-state index contributed by atoms with van der Waals surface area (Å²) in [5.74, 6) is 0. The molecule has 0 bridgehead atoms. The molecule has 4 aromatic carbocycles. The Morgan fingerprint density at radius 3 is 1.73 bits per heavy atom. The first-order chi connectivity index (χ1) is 23.6. The van der Waals surface area contributed by atoms with E-state index in [-0.39, 0.29) is 5.41 Å². The van der Waals surface area contributed by atoms with E-state index in [9.17, 15) is 0 Å². The van der Waals surface area contributed by atoms with Gasteiger partial charge in [-0.3, -0.25) is 4.98 Å². The third-order valence-electron chi connectivity index (χ3n) is 10.8. The van der Waals surface area contributed by atoms with Crippen molar-refractivity contribution in [3.8, 4) is 44.6 Å². The summed E-state index contributed by atoms with van der Waals surface area (Å²) in [6.45, 7) is 6.84. The zero-order valence-electron chi connectivity index (χ0n) is 29.7. The molecule has 0 amide bonds. The van der Waals surface area contributed by atoms with Crippen molar-refractivity contribution in [2.45, 2.75) is 116 Å². The highest BCUT2D eigenvalue weighted by molar-refractivity contribution is 5.89. The maximum atomic E-state index is 4.57. The maximum Gasteiger partial charge on any atom is 0.0701 e. The van der Waals surface area contributed by atoms with Crippen LogP contribution in [0, 0.1) is 6.92 Å². The van der Waals surface area contributed by atoms with Gasteiger partial charge in [0, 0.05) is 17.2 Å². The first kappa shape index (κ1) is 33.9. The Bertz CT molecular complexity index is 1730. The van der Waals surface area contributed by atoms with E-state index in [0.29, 0.717) is 0 Å². The third kappa shape index (κ3) is 7.52. The van der Waals surface area contributed by atoms with Gasteiger partial charge >= 0.3 is 0 Å². The molecule has 5 aromatic rings. The Morgan fingerprint density at radius 1 is 0.458 bits per heavy atom. The Morgan fingerprint density at radius 2 is 1.04 bits per heavy atom. The van der Waals surface area contributed by atoms with Crippen molar-refractivity contribution in [1.29, 1.82) is 0 Å². The largest absolute Gasteiger partial charge is 0.256 e. The van der Waals surface area contributed by atoms with Crippen LogP contribution in [0.2, 0.25) is 0 Å². The van der Waals surface area contributed by atoms with Crippen molar-refractivity contribution in [2.24, 2.45) is 0 Å². The lowest BCUT2D eigenvalue weighted by Gasteiger charge is -2.33. The smallest absolute Gasteiger partial charge is 0.0701 e. The summed E-state index contributed by atoms with van der Waals surface area (Å²) in [4.78, 5) is 4.57. The second kappa shape index (κ2) is 16.4. The van der Waals surface area contributed by atoms with E-state index in [1.54, 1.807) is 11.1 Å². The van der Waals surface area contributed by atoms with Gasteiger partial charge in [0.05, 0.1) is 5.69 Å². The fourth-order valence-corrected chi connectivity index (χ4v) is 8.20. The molecule has 6 rings (SSSR count). The van der Waals surface area contributed by atoms with Crippen molar-refractivity contribution in [3.05, 3.63) is 126 Å². The minimum atomic E-state index is 0.0899. The molecular formula is C47H55N. The van der Waals surface area contributed by atoms with E-state index in [2.05, 4.69) is 123 Å². The summed E-state index contributed by atoms with van der Waals surface area (Å²) in [6.07, 6.45) is 20.5. The quantitative estimate of drug-likeness (QED) is 0.0929. The summed E-state index contributed by atoms with van der Waals surface area (Å²) < 4.78 is 0. The Kier molecular flexibility index (Phi) is 11.6. The topological polar surface area (TPSA) is 12.9 Å². The molecule has 0 saturated heterocycles. The molecule has 1 aliphatic rings. The molecular weight excluding hydrogens is 579 g/mol. The number of aromatic nitrogens is 1. The zero-order chi connectivity index (χ0) is 33.2. The molecule has 0 fully saturated rings. The van der Waals surface area contributed by atoms with Crippen LogP contribution in [-0.4, -0.2) is 4.98 Å². The summed E-state index contributed by atoms with van der Waals surface area (Å²) in [6, 6.07) is 38.9. The predicted octanol–water partition coefficient (Wildman–Crippen LogP) is 14.2. The maximum absolute atomic E-state index is 4.57. The Hall–Kier alpha value is -3.97. The molecule has 1 nitrogen and oxygen atoms in total. The molecule has 248 valence electrons. The van der Waals surface area contributed by atoms with Gasteiger partial charge in [-0.15, -0.1) is 0 Å². The Balaban J connectivity index is 1.37. The molecule has 1 heteroatoms. The number of aryl methyl sites for hydroxylation is 1. The molecule has 1 aliphatic carbocycles. The van der Waals surface area contributed by atoms with Gasteiger partial charge in [-0.1, -0.05) is 181 Å². The molecule has 48 heavy (non-hydrogen) atoms. The summed E-state index contributed by atoms with van der Waals surface area (Å²) in [5, 5.41) is 0. The van der Waals surface area contributed by atoms with Crippen LogP contribution in [-0.2, 0) is 5.41 Å². The van der Waals surface area contributed by atoms with Gasteiger partial charge in [0.2, 0.25) is 0 Å². The number of hydrogen-bond donors (Lipinski definition) is 0. The van der Waals surface area contributed by atoms with Gasteiger partial charge in [0.25, 0.3) is 0 Å². The second-order valence-corrected chi connectivity index (χ2v) is 14.3. The SMILES string of the molecule is CCCCCCCCC1(CCCCCCCC)c2ccccc2-c2ccc(-c3ccc(C)cc3-c3ccc(-c4ccccn4)cc3)cc21. The number of nitrogens with zero attached hydrogens (tertiary/aromatic N) is 1. The minimum absolute atomic E-state index is 0.0899. The predicted molar refractivity (Wildman–Crippen MR) is 207 cm³/mol. The first-order valence-corrected chi connectivity index (χ1v) is 19.0. The molecule has 0 aliphatic heterocycles. The van der Waals surface area contributed by atoms with Gasteiger partial charge in [0.15, 0.2) is 0 Å². The molecule has 1 aromatic heterocycles. The van der Waals surface area contributed by atoms with Crippen molar-refractivity contribution >= 4 is 0 Å². The van der Waals surface area contributed by atoms with Gasteiger partial charge in [-0.25, -0.2) is 0 Å². The van der Waals surface area contributed by atoms with Crippen LogP contribution in [0.25, 0.3) is 44.6 Å². The average Bonchev–Trinajstić information content (AvgIpc) is 3.40. The van der Waals surface area contributed by atoms with Crippen LogP contribution >= 0.6 is 0 Å². The summed E-state index contributed by atoms with van der Waals surface area (Å²) in [7, 11) is 0. The van der Waals surface area contributed by atoms with E-state index in [4.69, 9.17) is 0 Å². The highest BCUT2D eigenvalue weighted by Gasteiger charge is 2.42. The Labute approximate surface area is 290 Å². The standard InChI is InChI=1S/C47H55N/c1-4-6-8-10-12-17-31-47(32-18-13-11-9-7-5-2)44-21-15-14-20-41(44)42-30-28-39(35-45(42)47)40-29-23-36(3)34-43(40)37-24-26-38(27-25-37)46-22-16-19-33-48-46/h14-16,19-30,33-35H,4-13,17-18,31-32H2,1-3H3. The monoisotopic (exact) mass is 633 g/mol. The molecule has 1 heterocycles. The lowest BCUT2D eigenvalue weighted by molar-refractivity contribution is 0.398. The second-order valence-electron chi connectivity index (χ2n) is 14.3. The fraction of sp³-hybridized carbons (Fsp3) is 0.383. The molecule has 0 spiro atoms. The average molecular weight is 634 g/mol. The number of unbranched alkanes of at least 4 members (excludes halogenated alkanes) is 10. The zero-order valence-corrected chi connectivity index (χ0v) is 29.7. The fourth-order valence-electron chi connectivity index (χ4n) is 8.20. The van der Waals surface area contributed by atoms with Gasteiger partial charge in [-0.2, -0.15) is 0 Å². The number of rotatable bonds is 17. The van der Waals surface area contributed by atoms with Crippen molar-refractivity contribution in [2.75, 3.05) is 0 Å². The van der Waals surface area contributed by atoms with Crippen LogP contribution in [0.4, 0.5) is 0 Å². The minimum Gasteiger partial charge on any atom is -0.256 e.